The average Bonchev–Trinajstić information content (AvgIpc) is 2.54. The van der Waals surface area contributed by atoms with E-state index in [-0.39, 0.29) is 23.4 Å². The zero-order valence-electron chi connectivity index (χ0n) is 10.3. The molecular formula is C14H10ClN3O2. The van der Waals surface area contributed by atoms with E-state index in [0.717, 1.165) is 0 Å². The molecule has 0 atom stereocenters. The molecule has 5 nitrogen and oxygen atoms in total. The van der Waals surface area contributed by atoms with Crippen molar-refractivity contribution in [2.24, 2.45) is 0 Å². The first-order valence-electron chi connectivity index (χ1n) is 5.99. The molecule has 2 amide bonds. The summed E-state index contributed by atoms with van der Waals surface area (Å²) in [4.78, 5) is 29.6. The van der Waals surface area contributed by atoms with E-state index in [9.17, 15) is 9.59 Å². The van der Waals surface area contributed by atoms with Gasteiger partial charge in [-0.2, -0.15) is 0 Å². The highest BCUT2D eigenvalue weighted by Gasteiger charge is 2.28. The van der Waals surface area contributed by atoms with Crippen LogP contribution in [0.15, 0.2) is 42.5 Å². The smallest absolute Gasteiger partial charge is 0.242 e. The lowest BCUT2D eigenvalue weighted by Gasteiger charge is -2.21. The van der Waals surface area contributed by atoms with Gasteiger partial charge in [0, 0.05) is 0 Å². The number of benzene rings is 1. The molecule has 1 aliphatic heterocycles. The molecule has 2 heterocycles. The van der Waals surface area contributed by atoms with Crippen LogP contribution in [0.2, 0.25) is 5.15 Å². The molecular weight excluding hydrogens is 278 g/mol. The van der Waals surface area contributed by atoms with E-state index in [0.29, 0.717) is 17.2 Å². The molecule has 0 fully saturated rings. The lowest BCUT2D eigenvalue weighted by molar-refractivity contribution is -0.124. The van der Waals surface area contributed by atoms with Gasteiger partial charge in [0.25, 0.3) is 0 Å². The van der Waals surface area contributed by atoms with Gasteiger partial charge in [-0.1, -0.05) is 29.8 Å². The van der Waals surface area contributed by atoms with Gasteiger partial charge in [-0.25, -0.2) is 4.98 Å². The maximum atomic E-state index is 12.3. The number of carbonyl (C=O) groups excluding carboxylic acids is 2. The predicted molar refractivity (Wildman–Crippen MR) is 76.1 cm³/mol. The summed E-state index contributed by atoms with van der Waals surface area (Å²) >= 11 is 5.91. The number of fused-ring (bicyclic) bond motifs is 1. The van der Waals surface area contributed by atoms with Gasteiger partial charge in [0.05, 0.1) is 11.4 Å². The molecule has 0 radical (unpaired) electrons. The molecule has 0 saturated carbocycles. The number of amides is 2. The number of anilines is 3. The fraction of sp³-hybridized carbons (Fsp3) is 0.0714. The summed E-state index contributed by atoms with van der Waals surface area (Å²) in [5.41, 5.74) is 1.11. The summed E-state index contributed by atoms with van der Waals surface area (Å²) in [7, 11) is 0. The van der Waals surface area contributed by atoms with Gasteiger partial charge in [-0.15, -0.1) is 0 Å². The minimum Gasteiger partial charge on any atom is -0.322 e. The van der Waals surface area contributed by atoms with Crippen molar-refractivity contribution in [2.45, 2.75) is 6.42 Å². The molecule has 0 bridgehead atoms. The topological polar surface area (TPSA) is 62.3 Å². The van der Waals surface area contributed by atoms with Gasteiger partial charge in [0.2, 0.25) is 11.8 Å². The minimum absolute atomic E-state index is 0.233. The van der Waals surface area contributed by atoms with E-state index in [1.165, 1.54) is 4.90 Å². The Labute approximate surface area is 120 Å². The van der Waals surface area contributed by atoms with Crippen molar-refractivity contribution >= 4 is 40.6 Å². The Morgan fingerprint density at radius 1 is 1.10 bits per heavy atom. The van der Waals surface area contributed by atoms with E-state index < -0.39 is 0 Å². The van der Waals surface area contributed by atoms with E-state index in [1.54, 1.807) is 24.3 Å². The molecule has 1 aromatic heterocycles. The predicted octanol–water partition coefficient (Wildman–Crippen LogP) is 2.74. The van der Waals surface area contributed by atoms with E-state index in [2.05, 4.69) is 10.3 Å². The number of hydrogen-bond donors (Lipinski definition) is 1. The van der Waals surface area contributed by atoms with Crippen LogP contribution in [0.4, 0.5) is 17.2 Å². The van der Waals surface area contributed by atoms with Crippen molar-refractivity contribution in [2.75, 3.05) is 10.2 Å². The van der Waals surface area contributed by atoms with Gasteiger partial charge >= 0.3 is 0 Å². The van der Waals surface area contributed by atoms with Gasteiger partial charge < -0.3 is 5.32 Å². The lowest BCUT2D eigenvalue weighted by Crippen LogP contribution is -2.26. The van der Waals surface area contributed by atoms with Crippen molar-refractivity contribution < 1.29 is 9.59 Å². The molecule has 0 aliphatic carbocycles. The average molecular weight is 288 g/mol. The number of pyridine rings is 1. The largest absolute Gasteiger partial charge is 0.322 e. The lowest BCUT2D eigenvalue weighted by atomic mass is 10.2. The monoisotopic (exact) mass is 287 g/mol. The van der Waals surface area contributed by atoms with Crippen molar-refractivity contribution in [3.63, 3.8) is 0 Å². The Balaban J connectivity index is 2.20. The third-order valence-corrected chi connectivity index (χ3v) is 3.11. The molecule has 1 N–H and O–H groups in total. The highest BCUT2D eigenvalue weighted by molar-refractivity contribution is 6.30. The molecule has 0 spiro atoms. The number of nitrogens with one attached hydrogen (secondary N) is 1. The number of nitrogens with zero attached hydrogens (tertiary/aromatic N) is 2. The summed E-state index contributed by atoms with van der Waals surface area (Å²) in [5, 5.41) is 2.92. The number of aromatic nitrogens is 1. The third kappa shape index (κ3) is 2.23. The first-order valence-corrected chi connectivity index (χ1v) is 6.37. The van der Waals surface area contributed by atoms with Crippen LogP contribution < -0.4 is 10.2 Å². The maximum Gasteiger partial charge on any atom is 0.242 e. The zero-order chi connectivity index (χ0) is 14.1. The number of para-hydroxylation sites is 1. The van der Waals surface area contributed by atoms with Crippen molar-refractivity contribution in [1.29, 1.82) is 0 Å². The third-order valence-electron chi connectivity index (χ3n) is 2.90. The van der Waals surface area contributed by atoms with Crippen LogP contribution in [0.1, 0.15) is 6.42 Å². The quantitative estimate of drug-likeness (QED) is 0.648. The first-order chi connectivity index (χ1) is 9.65. The second-order valence-corrected chi connectivity index (χ2v) is 4.68. The maximum absolute atomic E-state index is 12.3. The Kier molecular flexibility index (Phi) is 3.12. The van der Waals surface area contributed by atoms with Crippen molar-refractivity contribution in [3.05, 3.63) is 47.6 Å². The summed E-state index contributed by atoms with van der Waals surface area (Å²) < 4.78 is 0. The van der Waals surface area contributed by atoms with Crippen molar-refractivity contribution in [1.82, 2.24) is 4.98 Å². The molecule has 1 aromatic carbocycles. The second-order valence-electron chi connectivity index (χ2n) is 4.29. The molecule has 20 heavy (non-hydrogen) atoms. The van der Waals surface area contributed by atoms with Crippen LogP contribution >= 0.6 is 11.6 Å². The molecule has 6 heteroatoms. The number of halogens is 1. The summed E-state index contributed by atoms with van der Waals surface area (Å²) in [6, 6.07) is 12.2. The SMILES string of the molecule is O=C1CC(=O)N(c2ccccc2)c2nc(Cl)ccc2N1. The molecule has 100 valence electrons. The number of rotatable bonds is 1. The summed E-state index contributed by atoms with van der Waals surface area (Å²) in [6.07, 6.45) is -0.233. The van der Waals surface area contributed by atoms with Crippen LogP contribution in [0.3, 0.4) is 0 Å². The summed E-state index contributed by atoms with van der Waals surface area (Å²) in [5.74, 6) is -0.374. The Bertz CT molecular complexity index is 688. The van der Waals surface area contributed by atoms with Gasteiger partial charge in [-0.05, 0) is 24.3 Å². The molecule has 1 aliphatic rings. The second kappa shape index (κ2) is 4.94. The molecule has 2 aromatic rings. The van der Waals surface area contributed by atoms with Crippen molar-refractivity contribution in [3.8, 4) is 0 Å². The fourth-order valence-electron chi connectivity index (χ4n) is 2.07. The van der Waals surface area contributed by atoms with E-state index in [4.69, 9.17) is 11.6 Å². The van der Waals surface area contributed by atoms with Gasteiger partial charge in [-0.3, -0.25) is 14.5 Å². The minimum atomic E-state index is -0.362. The fourth-order valence-corrected chi connectivity index (χ4v) is 2.21. The van der Waals surface area contributed by atoms with Crippen LogP contribution in [0.5, 0.6) is 0 Å². The zero-order valence-corrected chi connectivity index (χ0v) is 11.1. The Morgan fingerprint density at radius 2 is 1.85 bits per heavy atom. The van der Waals surface area contributed by atoms with E-state index in [1.807, 2.05) is 18.2 Å². The highest BCUT2D eigenvalue weighted by Crippen LogP contribution is 2.34. The molecule has 0 unspecified atom stereocenters. The number of hydrogen-bond acceptors (Lipinski definition) is 3. The summed E-state index contributed by atoms with van der Waals surface area (Å²) in [6.45, 7) is 0. The van der Waals surface area contributed by atoms with Gasteiger partial charge in [0.1, 0.15) is 11.6 Å². The molecule has 3 rings (SSSR count). The Hall–Kier alpha value is -2.40. The van der Waals surface area contributed by atoms with Crippen LogP contribution in [-0.4, -0.2) is 16.8 Å². The van der Waals surface area contributed by atoms with Gasteiger partial charge in [0.15, 0.2) is 5.82 Å². The van der Waals surface area contributed by atoms with Crippen LogP contribution in [0, 0.1) is 0 Å². The van der Waals surface area contributed by atoms with Crippen LogP contribution in [0.25, 0.3) is 0 Å². The normalized spacial score (nSPS) is 14.6. The number of carbonyl (C=O) groups is 2. The standard InChI is InChI=1S/C14H10ClN3O2/c15-11-7-6-10-14(17-11)18(9-4-2-1-3-5-9)13(20)8-12(19)16-10/h1-7H,8H2,(H,16,19). The first kappa shape index (κ1) is 12.6. The Morgan fingerprint density at radius 3 is 2.60 bits per heavy atom. The van der Waals surface area contributed by atoms with E-state index >= 15 is 0 Å². The molecule has 0 saturated heterocycles. The van der Waals surface area contributed by atoms with Crippen LogP contribution in [-0.2, 0) is 9.59 Å². The highest BCUT2D eigenvalue weighted by atomic mass is 35.5.